The molecule has 7 heteroatoms. The third kappa shape index (κ3) is 5.19. The normalized spacial score (nSPS) is 19.7. The lowest BCUT2D eigenvalue weighted by atomic mass is 9.98. The van der Waals surface area contributed by atoms with Gasteiger partial charge in [-0.3, -0.25) is 9.59 Å². The Hall–Kier alpha value is -3.35. The Balaban J connectivity index is 1.18. The Morgan fingerprint density at radius 3 is 2.29 bits per heavy atom. The lowest BCUT2D eigenvalue weighted by Gasteiger charge is -2.27. The smallest absolute Gasteiger partial charge is 0.407 e. The molecule has 1 saturated heterocycles. The predicted octanol–water partition coefficient (Wildman–Crippen LogP) is 4.55. The van der Waals surface area contributed by atoms with E-state index in [9.17, 15) is 14.4 Å². The van der Waals surface area contributed by atoms with E-state index in [0.29, 0.717) is 18.9 Å². The van der Waals surface area contributed by atoms with Crippen molar-refractivity contribution in [1.82, 2.24) is 10.2 Å². The molecule has 2 atom stereocenters. The van der Waals surface area contributed by atoms with Crippen molar-refractivity contribution in [3.05, 3.63) is 59.7 Å². The van der Waals surface area contributed by atoms with E-state index in [1.54, 1.807) is 0 Å². The molecule has 35 heavy (non-hydrogen) atoms. The summed E-state index contributed by atoms with van der Waals surface area (Å²) in [6.45, 7) is 0.903. The van der Waals surface area contributed by atoms with E-state index in [0.717, 1.165) is 36.8 Å². The predicted molar refractivity (Wildman–Crippen MR) is 131 cm³/mol. The van der Waals surface area contributed by atoms with Crippen LogP contribution in [0.1, 0.15) is 62.0 Å². The largest absolute Gasteiger partial charge is 0.481 e. The highest BCUT2D eigenvalue weighted by Crippen LogP contribution is 2.44. The highest BCUT2D eigenvalue weighted by molar-refractivity contribution is 5.80. The van der Waals surface area contributed by atoms with Gasteiger partial charge in [0.15, 0.2) is 0 Å². The fourth-order valence-electron chi connectivity index (χ4n) is 5.69. The number of hydrogen-bond acceptors (Lipinski definition) is 4. The fourth-order valence-corrected chi connectivity index (χ4v) is 5.69. The fraction of sp³-hybridized carbons (Fsp3) is 0.464. The summed E-state index contributed by atoms with van der Waals surface area (Å²) < 4.78 is 5.70. The monoisotopic (exact) mass is 476 g/mol. The van der Waals surface area contributed by atoms with E-state index in [4.69, 9.17) is 9.84 Å². The van der Waals surface area contributed by atoms with Gasteiger partial charge in [-0.2, -0.15) is 0 Å². The third-order valence-electron chi connectivity index (χ3n) is 7.62. The molecular formula is C28H32N2O5. The molecule has 0 radical (unpaired) electrons. The summed E-state index contributed by atoms with van der Waals surface area (Å²) in [5.41, 5.74) is 4.69. The summed E-state index contributed by atoms with van der Waals surface area (Å²) >= 11 is 0. The number of amides is 2. The molecule has 3 aliphatic rings. The van der Waals surface area contributed by atoms with Gasteiger partial charge in [-0.1, -0.05) is 48.5 Å². The lowest BCUT2D eigenvalue weighted by Crippen LogP contribution is -2.43. The highest BCUT2D eigenvalue weighted by Gasteiger charge is 2.37. The summed E-state index contributed by atoms with van der Waals surface area (Å²) in [6, 6.07) is 16.2. The van der Waals surface area contributed by atoms with Crippen LogP contribution in [-0.4, -0.2) is 53.2 Å². The highest BCUT2D eigenvalue weighted by atomic mass is 16.5. The molecule has 5 rings (SSSR count). The summed E-state index contributed by atoms with van der Waals surface area (Å²) in [7, 11) is 0. The molecular weight excluding hydrogens is 444 g/mol. The molecule has 184 valence electrons. The van der Waals surface area contributed by atoms with Gasteiger partial charge in [-0.25, -0.2) is 4.79 Å². The van der Waals surface area contributed by atoms with Crippen molar-refractivity contribution < 1.29 is 24.2 Å². The van der Waals surface area contributed by atoms with Crippen LogP contribution in [0.25, 0.3) is 11.1 Å². The van der Waals surface area contributed by atoms with E-state index in [1.165, 1.54) is 11.1 Å². The van der Waals surface area contributed by atoms with Crippen LogP contribution in [-0.2, 0) is 14.3 Å². The van der Waals surface area contributed by atoms with Crippen molar-refractivity contribution in [3.63, 3.8) is 0 Å². The van der Waals surface area contributed by atoms with Crippen molar-refractivity contribution in [1.29, 1.82) is 0 Å². The second-order valence-electron chi connectivity index (χ2n) is 9.93. The average molecular weight is 477 g/mol. The van der Waals surface area contributed by atoms with Gasteiger partial charge in [0, 0.05) is 37.4 Å². The van der Waals surface area contributed by atoms with E-state index in [2.05, 4.69) is 29.6 Å². The Morgan fingerprint density at radius 2 is 1.66 bits per heavy atom. The SMILES string of the molecule is O=C(O)CCC1CCCN1C(=O)CC(NC(=O)OCC1c2ccccc2-c2ccccc21)C1CC1. The third-order valence-corrected chi connectivity index (χ3v) is 7.62. The zero-order valence-electron chi connectivity index (χ0n) is 19.8. The molecule has 0 bridgehead atoms. The number of nitrogens with zero attached hydrogens (tertiary/aromatic N) is 1. The Morgan fingerprint density at radius 1 is 1.00 bits per heavy atom. The average Bonchev–Trinajstić information content (AvgIpc) is 3.51. The summed E-state index contributed by atoms with van der Waals surface area (Å²) in [5, 5.41) is 12.0. The second kappa shape index (κ2) is 10.1. The quantitative estimate of drug-likeness (QED) is 0.554. The summed E-state index contributed by atoms with van der Waals surface area (Å²) in [6.07, 6.45) is 4.01. The number of carbonyl (C=O) groups excluding carboxylic acids is 2. The van der Waals surface area contributed by atoms with Crippen LogP contribution in [0.2, 0.25) is 0 Å². The van der Waals surface area contributed by atoms with Gasteiger partial charge >= 0.3 is 12.1 Å². The van der Waals surface area contributed by atoms with Gasteiger partial charge in [0.05, 0.1) is 0 Å². The van der Waals surface area contributed by atoms with Crippen LogP contribution in [0.15, 0.2) is 48.5 Å². The molecule has 2 aliphatic carbocycles. The van der Waals surface area contributed by atoms with Crippen LogP contribution >= 0.6 is 0 Å². The van der Waals surface area contributed by atoms with E-state index in [-0.39, 0.29) is 43.4 Å². The standard InChI is InChI=1S/C28H32N2O5/c31-26(30-15-5-6-19(30)13-14-27(32)33)16-25(18-11-12-18)29-28(34)35-17-24-22-9-3-1-7-20(22)21-8-2-4-10-23(21)24/h1-4,7-10,18-19,24-25H,5-6,11-17H2,(H,29,34)(H,32,33). The number of carbonyl (C=O) groups is 3. The minimum atomic E-state index is -0.836. The van der Waals surface area contributed by atoms with Gasteiger partial charge in [0.1, 0.15) is 6.61 Å². The minimum absolute atomic E-state index is 0.00579. The van der Waals surface area contributed by atoms with Gasteiger partial charge in [-0.15, -0.1) is 0 Å². The number of carboxylic acid groups (broad SMARTS) is 1. The van der Waals surface area contributed by atoms with Crippen LogP contribution in [0.3, 0.4) is 0 Å². The number of aliphatic carboxylic acids is 1. The number of hydrogen-bond donors (Lipinski definition) is 2. The van der Waals surface area contributed by atoms with Crippen molar-refractivity contribution >= 4 is 18.0 Å². The van der Waals surface area contributed by atoms with Crippen LogP contribution in [0, 0.1) is 5.92 Å². The Bertz CT molecular complexity index is 1070. The molecule has 1 saturated carbocycles. The number of alkyl carbamates (subject to hydrolysis) is 1. The number of ether oxygens (including phenoxy) is 1. The number of likely N-dealkylation sites (tertiary alicyclic amines) is 1. The maximum atomic E-state index is 13.1. The molecule has 2 N–H and O–H groups in total. The van der Waals surface area contributed by atoms with E-state index >= 15 is 0 Å². The zero-order chi connectivity index (χ0) is 24.4. The van der Waals surface area contributed by atoms with E-state index in [1.807, 2.05) is 29.2 Å². The van der Waals surface area contributed by atoms with Crippen LogP contribution < -0.4 is 5.32 Å². The van der Waals surface area contributed by atoms with Gasteiger partial charge in [0.2, 0.25) is 5.91 Å². The maximum Gasteiger partial charge on any atom is 0.407 e. The van der Waals surface area contributed by atoms with Gasteiger partial charge in [0.25, 0.3) is 0 Å². The Labute approximate surface area is 205 Å². The first-order valence-electron chi connectivity index (χ1n) is 12.6. The first-order valence-corrected chi connectivity index (χ1v) is 12.6. The van der Waals surface area contributed by atoms with Crippen molar-refractivity contribution in [2.45, 2.75) is 62.9 Å². The first kappa shape index (κ1) is 23.4. The maximum absolute atomic E-state index is 13.1. The molecule has 0 spiro atoms. The van der Waals surface area contributed by atoms with Crippen molar-refractivity contribution in [2.75, 3.05) is 13.2 Å². The molecule has 1 heterocycles. The van der Waals surface area contributed by atoms with Crippen LogP contribution in [0.4, 0.5) is 4.79 Å². The van der Waals surface area contributed by atoms with E-state index < -0.39 is 12.1 Å². The second-order valence-corrected chi connectivity index (χ2v) is 9.93. The van der Waals surface area contributed by atoms with Crippen LogP contribution in [0.5, 0.6) is 0 Å². The number of rotatable bonds is 9. The van der Waals surface area contributed by atoms with Crippen molar-refractivity contribution in [3.8, 4) is 11.1 Å². The topological polar surface area (TPSA) is 95.9 Å². The molecule has 2 unspecified atom stereocenters. The molecule has 2 fully saturated rings. The number of fused-ring (bicyclic) bond motifs is 3. The van der Waals surface area contributed by atoms with Crippen molar-refractivity contribution in [2.24, 2.45) is 5.92 Å². The number of nitrogens with one attached hydrogen (secondary N) is 1. The molecule has 0 aromatic heterocycles. The number of carboxylic acids is 1. The lowest BCUT2D eigenvalue weighted by molar-refractivity contribution is -0.139. The molecule has 7 nitrogen and oxygen atoms in total. The zero-order valence-corrected chi connectivity index (χ0v) is 19.8. The number of benzene rings is 2. The Kier molecular flexibility index (Phi) is 6.75. The molecule has 1 aliphatic heterocycles. The first-order chi connectivity index (χ1) is 17.0. The molecule has 2 amide bonds. The minimum Gasteiger partial charge on any atom is -0.481 e. The van der Waals surface area contributed by atoms with Gasteiger partial charge < -0.3 is 20.1 Å². The summed E-state index contributed by atoms with van der Waals surface area (Å²) in [4.78, 5) is 38.6. The molecule has 2 aromatic carbocycles. The summed E-state index contributed by atoms with van der Waals surface area (Å²) in [5.74, 6) is -0.556. The van der Waals surface area contributed by atoms with Gasteiger partial charge in [-0.05, 0) is 60.3 Å². The molecule has 2 aromatic rings.